The summed E-state index contributed by atoms with van der Waals surface area (Å²) in [7, 11) is 0. The SMILES string of the molecule is CCc1nc(=S)c2cc3c(cc2[nH]1)OCO3. The van der Waals surface area contributed by atoms with Crippen LogP contribution in [0, 0.1) is 4.64 Å². The number of nitrogens with zero attached hydrogens (tertiary/aromatic N) is 1. The summed E-state index contributed by atoms with van der Waals surface area (Å²) in [5, 5.41) is 0.899. The van der Waals surface area contributed by atoms with Gasteiger partial charge in [0.2, 0.25) is 6.79 Å². The maximum atomic E-state index is 5.32. The van der Waals surface area contributed by atoms with Crippen LogP contribution < -0.4 is 9.47 Å². The Kier molecular flexibility index (Phi) is 2.07. The second-order valence-electron chi connectivity index (χ2n) is 3.59. The fraction of sp³-hybridized carbons (Fsp3) is 0.273. The number of benzene rings is 1. The smallest absolute Gasteiger partial charge is 0.231 e. The number of rotatable bonds is 1. The second kappa shape index (κ2) is 3.45. The van der Waals surface area contributed by atoms with Crippen LogP contribution in [0.3, 0.4) is 0 Å². The van der Waals surface area contributed by atoms with E-state index in [4.69, 9.17) is 21.7 Å². The van der Waals surface area contributed by atoms with E-state index in [9.17, 15) is 0 Å². The quantitative estimate of drug-likeness (QED) is 0.770. The molecule has 2 aromatic rings. The predicted octanol–water partition coefficient (Wildman–Crippen LogP) is 2.58. The molecule has 1 aromatic heterocycles. The summed E-state index contributed by atoms with van der Waals surface area (Å²) in [6.45, 7) is 2.30. The molecule has 82 valence electrons. The van der Waals surface area contributed by atoms with Gasteiger partial charge in [-0.1, -0.05) is 19.1 Å². The fourth-order valence-electron chi connectivity index (χ4n) is 1.76. The molecule has 3 rings (SSSR count). The van der Waals surface area contributed by atoms with Gasteiger partial charge in [0.15, 0.2) is 11.5 Å². The van der Waals surface area contributed by atoms with Gasteiger partial charge in [0.05, 0.1) is 5.52 Å². The molecule has 2 heterocycles. The predicted molar refractivity (Wildman–Crippen MR) is 62.4 cm³/mol. The van der Waals surface area contributed by atoms with Crippen LogP contribution >= 0.6 is 12.2 Å². The summed E-state index contributed by atoms with van der Waals surface area (Å²) in [6.07, 6.45) is 0.827. The van der Waals surface area contributed by atoms with Gasteiger partial charge in [-0.3, -0.25) is 0 Å². The van der Waals surface area contributed by atoms with Gasteiger partial charge in [-0.25, -0.2) is 4.98 Å². The Balaban J connectivity index is 2.35. The summed E-state index contributed by atoms with van der Waals surface area (Å²) in [6, 6.07) is 3.79. The minimum absolute atomic E-state index is 0.270. The molecule has 16 heavy (non-hydrogen) atoms. The van der Waals surface area contributed by atoms with E-state index in [0.29, 0.717) is 4.64 Å². The highest BCUT2D eigenvalue weighted by Gasteiger charge is 2.15. The summed E-state index contributed by atoms with van der Waals surface area (Å²) >= 11 is 5.25. The highest BCUT2D eigenvalue weighted by Crippen LogP contribution is 2.35. The Labute approximate surface area is 97.2 Å². The van der Waals surface area contributed by atoms with Crippen LogP contribution in [0.2, 0.25) is 0 Å². The van der Waals surface area contributed by atoms with Gasteiger partial charge in [0.25, 0.3) is 0 Å². The number of hydrogen-bond acceptors (Lipinski definition) is 4. The zero-order valence-corrected chi connectivity index (χ0v) is 9.56. The first-order valence-corrected chi connectivity index (χ1v) is 5.51. The van der Waals surface area contributed by atoms with Crippen LogP contribution in [0.4, 0.5) is 0 Å². The first-order valence-electron chi connectivity index (χ1n) is 5.10. The Morgan fingerprint density at radius 3 is 2.88 bits per heavy atom. The third-order valence-corrected chi connectivity index (χ3v) is 2.90. The van der Waals surface area contributed by atoms with Crippen molar-refractivity contribution in [1.82, 2.24) is 9.97 Å². The molecule has 0 unspecified atom stereocenters. The van der Waals surface area contributed by atoms with Crippen LogP contribution in [-0.4, -0.2) is 16.8 Å². The van der Waals surface area contributed by atoms with Crippen LogP contribution in [0.15, 0.2) is 12.1 Å². The fourth-order valence-corrected chi connectivity index (χ4v) is 2.04. The highest BCUT2D eigenvalue weighted by atomic mass is 32.1. The van der Waals surface area contributed by atoms with Crippen LogP contribution in [0.1, 0.15) is 12.7 Å². The van der Waals surface area contributed by atoms with Gasteiger partial charge in [-0.15, -0.1) is 0 Å². The maximum absolute atomic E-state index is 5.32. The average Bonchev–Trinajstić information content (AvgIpc) is 2.73. The number of H-pyrrole nitrogens is 1. The number of ether oxygens (including phenoxy) is 2. The molecule has 4 nitrogen and oxygen atoms in total. The number of aromatic nitrogens is 2. The molecule has 0 fully saturated rings. The van der Waals surface area contributed by atoms with E-state index in [1.807, 2.05) is 19.1 Å². The van der Waals surface area contributed by atoms with Crippen molar-refractivity contribution in [3.8, 4) is 11.5 Å². The summed E-state index contributed by atoms with van der Waals surface area (Å²) in [4.78, 5) is 7.54. The lowest BCUT2D eigenvalue weighted by Gasteiger charge is -2.03. The van der Waals surface area contributed by atoms with Crippen molar-refractivity contribution in [2.75, 3.05) is 6.79 Å². The first kappa shape index (κ1) is 9.59. The van der Waals surface area contributed by atoms with Gasteiger partial charge in [-0.2, -0.15) is 0 Å². The van der Waals surface area contributed by atoms with E-state index in [1.165, 1.54) is 0 Å². The summed E-state index contributed by atoms with van der Waals surface area (Å²) in [5.74, 6) is 2.38. The normalized spacial score (nSPS) is 13.3. The second-order valence-corrected chi connectivity index (χ2v) is 3.98. The molecule has 0 saturated carbocycles. The van der Waals surface area contributed by atoms with Crippen molar-refractivity contribution >= 4 is 23.1 Å². The van der Waals surface area contributed by atoms with Crippen LogP contribution in [-0.2, 0) is 6.42 Å². The Bertz CT molecular complexity index is 621. The molecular weight excluding hydrogens is 224 g/mol. The van der Waals surface area contributed by atoms with Crippen molar-refractivity contribution in [3.05, 3.63) is 22.6 Å². The Morgan fingerprint density at radius 2 is 2.12 bits per heavy atom. The molecule has 0 radical (unpaired) electrons. The van der Waals surface area contributed by atoms with Crippen LogP contribution in [0.25, 0.3) is 10.9 Å². The van der Waals surface area contributed by atoms with Gasteiger partial charge in [0, 0.05) is 17.9 Å². The lowest BCUT2D eigenvalue weighted by molar-refractivity contribution is 0.174. The molecule has 1 aliphatic rings. The van der Waals surface area contributed by atoms with E-state index < -0.39 is 0 Å². The lowest BCUT2D eigenvalue weighted by Crippen LogP contribution is -1.94. The minimum Gasteiger partial charge on any atom is -0.454 e. The average molecular weight is 234 g/mol. The lowest BCUT2D eigenvalue weighted by atomic mass is 10.2. The molecule has 0 aliphatic carbocycles. The van der Waals surface area contributed by atoms with E-state index >= 15 is 0 Å². The van der Waals surface area contributed by atoms with Crippen molar-refractivity contribution in [2.24, 2.45) is 0 Å². The third-order valence-electron chi connectivity index (χ3n) is 2.59. The van der Waals surface area contributed by atoms with Crippen molar-refractivity contribution in [1.29, 1.82) is 0 Å². The first-order chi connectivity index (χ1) is 7.78. The monoisotopic (exact) mass is 234 g/mol. The van der Waals surface area contributed by atoms with Gasteiger partial charge in [0.1, 0.15) is 10.5 Å². The zero-order chi connectivity index (χ0) is 11.1. The molecular formula is C11H10N2O2S. The molecule has 1 aromatic carbocycles. The molecule has 0 saturated heterocycles. The number of aryl methyl sites for hydroxylation is 1. The van der Waals surface area contributed by atoms with Gasteiger partial charge in [-0.05, 0) is 6.07 Å². The largest absolute Gasteiger partial charge is 0.454 e. The van der Waals surface area contributed by atoms with E-state index in [0.717, 1.165) is 34.6 Å². The number of fused-ring (bicyclic) bond motifs is 2. The molecule has 0 atom stereocenters. The topological polar surface area (TPSA) is 47.1 Å². The third kappa shape index (κ3) is 1.36. The Hall–Kier alpha value is -1.62. The van der Waals surface area contributed by atoms with Crippen molar-refractivity contribution < 1.29 is 9.47 Å². The number of hydrogen-bond donors (Lipinski definition) is 1. The van der Waals surface area contributed by atoms with E-state index in [-0.39, 0.29) is 6.79 Å². The minimum atomic E-state index is 0.270. The molecule has 1 aliphatic heterocycles. The van der Waals surface area contributed by atoms with Crippen LogP contribution in [0.5, 0.6) is 11.5 Å². The van der Waals surface area contributed by atoms with Gasteiger partial charge >= 0.3 is 0 Å². The molecule has 0 amide bonds. The van der Waals surface area contributed by atoms with E-state index in [1.54, 1.807) is 0 Å². The summed E-state index contributed by atoms with van der Waals surface area (Å²) < 4.78 is 11.2. The molecule has 5 heteroatoms. The Morgan fingerprint density at radius 1 is 1.38 bits per heavy atom. The standard InChI is InChI=1S/C11H10N2O2S/c1-2-10-12-7-4-9-8(14-5-15-9)3-6(7)11(16)13-10/h3-4H,2,5H2,1H3,(H,12,13,16). The molecule has 1 N–H and O–H groups in total. The van der Waals surface area contributed by atoms with Gasteiger partial charge < -0.3 is 14.5 Å². The van der Waals surface area contributed by atoms with Crippen molar-refractivity contribution in [3.63, 3.8) is 0 Å². The van der Waals surface area contributed by atoms with E-state index in [2.05, 4.69) is 9.97 Å². The number of nitrogens with one attached hydrogen (secondary N) is 1. The zero-order valence-electron chi connectivity index (χ0n) is 8.74. The highest BCUT2D eigenvalue weighted by molar-refractivity contribution is 7.71. The number of aromatic amines is 1. The summed E-state index contributed by atoms with van der Waals surface area (Å²) in [5.41, 5.74) is 0.945. The molecule has 0 bridgehead atoms. The van der Waals surface area contributed by atoms with Crippen molar-refractivity contribution in [2.45, 2.75) is 13.3 Å². The molecule has 0 spiro atoms. The maximum Gasteiger partial charge on any atom is 0.231 e.